The molecule has 0 fully saturated rings. The highest BCUT2D eigenvalue weighted by Crippen LogP contribution is 2.13. The minimum atomic E-state index is -0.478. The van der Waals surface area contributed by atoms with Gasteiger partial charge in [-0.3, -0.25) is 0 Å². The average molecular weight is 163 g/mol. The van der Waals surface area contributed by atoms with Gasteiger partial charge >= 0.3 is 0 Å². The zero-order valence-corrected chi connectivity index (χ0v) is 8.32. The van der Waals surface area contributed by atoms with E-state index in [0.29, 0.717) is 16.4 Å². The summed E-state index contributed by atoms with van der Waals surface area (Å²) in [5, 5.41) is 0. The Balaban J connectivity index is 4.15. The Bertz CT molecular complexity index is 99.6. The van der Waals surface area contributed by atoms with E-state index in [0.717, 1.165) is 0 Å². The molecule has 0 aromatic heterocycles. The van der Waals surface area contributed by atoms with Crippen molar-refractivity contribution in [3.05, 3.63) is 25.3 Å². The summed E-state index contributed by atoms with van der Waals surface area (Å²) in [4.78, 5) is 0. The lowest BCUT2D eigenvalue weighted by atomic mass is 10.1. The summed E-state index contributed by atoms with van der Waals surface area (Å²) in [6.07, 6.45) is 3.33. The SMILES string of the molecule is C=CC(C=C)(CCl)O[SiH3]. The van der Waals surface area contributed by atoms with Gasteiger partial charge in [0, 0.05) is 0 Å². The van der Waals surface area contributed by atoms with Crippen LogP contribution in [0.1, 0.15) is 0 Å². The molecule has 0 saturated heterocycles. The molecule has 1 nitrogen and oxygen atoms in total. The molecule has 52 valence electrons. The molecule has 0 aliphatic rings. The Morgan fingerprint density at radius 3 is 2.00 bits per heavy atom. The molecule has 3 heteroatoms. The van der Waals surface area contributed by atoms with Crippen molar-refractivity contribution >= 4 is 22.1 Å². The van der Waals surface area contributed by atoms with Gasteiger partial charge in [-0.15, -0.1) is 11.6 Å². The summed E-state index contributed by atoms with van der Waals surface area (Å²) in [6.45, 7) is 7.17. The predicted molar refractivity (Wildman–Crippen MR) is 44.9 cm³/mol. The zero-order valence-electron chi connectivity index (χ0n) is 5.56. The first-order chi connectivity index (χ1) is 4.24. The second-order valence-electron chi connectivity index (χ2n) is 1.70. The van der Waals surface area contributed by atoms with Crippen molar-refractivity contribution in [3.63, 3.8) is 0 Å². The zero-order chi connectivity index (χ0) is 7.33. The Kier molecular flexibility index (Phi) is 3.85. The standard InChI is InChI=1S/C6H11ClOSi/c1-3-6(4-2,5-7)8-9/h3-4H,1-2,5H2,9H3. The molecule has 9 heavy (non-hydrogen) atoms. The fourth-order valence-corrected chi connectivity index (χ4v) is 1.40. The molecule has 0 aliphatic heterocycles. The lowest BCUT2D eigenvalue weighted by Gasteiger charge is -2.22. The highest BCUT2D eigenvalue weighted by molar-refractivity contribution is 6.19. The summed E-state index contributed by atoms with van der Waals surface area (Å²) in [5.74, 6) is 0.392. The third-order valence-corrected chi connectivity index (χ3v) is 2.46. The fraction of sp³-hybridized carbons (Fsp3) is 0.333. The van der Waals surface area contributed by atoms with E-state index in [9.17, 15) is 0 Å². The van der Waals surface area contributed by atoms with Crippen LogP contribution in [0.15, 0.2) is 25.3 Å². The maximum atomic E-state index is 5.58. The normalized spacial score (nSPS) is 11.2. The number of hydrogen-bond acceptors (Lipinski definition) is 1. The van der Waals surface area contributed by atoms with Crippen LogP contribution in [0.2, 0.25) is 0 Å². The van der Waals surface area contributed by atoms with Crippen LogP contribution in [0.3, 0.4) is 0 Å². The van der Waals surface area contributed by atoms with E-state index in [1.807, 2.05) is 0 Å². The van der Waals surface area contributed by atoms with Crippen LogP contribution >= 0.6 is 11.6 Å². The van der Waals surface area contributed by atoms with E-state index in [1.165, 1.54) is 0 Å². The molecule has 0 unspecified atom stereocenters. The molecule has 0 amide bonds. The van der Waals surface area contributed by atoms with E-state index in [1.54, 1.807) is 12.2 Å². The first-order valence-electron chi connectivity index (χ1n) is 2.63. The third kappa shape index (κ3) is 1.97. The summed E-state index contributed by atoms with van der Waals surface area (Å²) in [6, 6.07) is 0. The van der Waals surface area contributed by atoms with Gasteiger partial charge in [0.1, 0.15) is 16.1 Å². The van der Waals surface area contributed by atoms with E-state index < -0.39 is 5.60 Å². The molecule has 0 atom stereocenters. The smallest absolute Gasteiger partial charge is 0.147 e. The molecule has 0 radical (unpaired) electrons. The van der Waals surface area contributed by atoms with Gasteiger partial charge in [-0.25, -0.2) is 0 Å². The highest BCUT2D eigenvalue weighted by atomic mass is 35.5. The molecular formula is C6H11ClOSi. The second-order valence-corrected chi connectivity index (χ2v) is 2.38. The van der Waals surface area contributed by atoms with Crippen molar-refractivity contribution in [1.29, 1.82) is 0 Å². The largest absolute Gasteiger partial charge is 0.414 e. The molecule has 0 saturated carbocycles. The summed E-state index contributed by atoms with van der Waals surface area (Å²) in [7, 11) is 0.648. The van der Waals surface area contributed by atoms with Crippen molar-refractivity contribution < 1.29 is 4.43 Å². The maximum Gasteiger partial charge on any atom is 0.147 e. The number of rotatable bonds is 4. The number of halogens is 1. The Labute approximate surface area is 63.9 Å². The van der Waals surface area contributed by atoms with Crippen LogP contribution in [-0.2, 0) is 4.43 Å². The van der Waals surface area contributed by atoms with Crippen LogP contribution < -0.4 is 0 Å². The van der Waals surface area contributed by atoms with Gasteiger partial charge in [-0.1, -0.05) is 25.3 Å². The molecule has 0 aliphatic carbocycles. The fourth-order valence-electron chi connectivity index (χ4n) is 0.414. The Hall–Kier alpha value is -0.0531. The van der Waals surface area contributed by atoms with E-state index in [2.05, 4.69) is 13.2 Å². The van der Waals surface area contributed by atoms with Crippen LogP contribution in [0.25, 0.3) is 0 Å². The minimum Gasteiger partial charge on any atom is -0.414 e. The van der Waals surface area contributed by atoms with Gasteiger partial charge in [-0.05, 0) is 0 Å². The topological polar surface area (TPSA) is 9.23 Å². The first kappa shape index (κ1) is 8.95. The first-order valence-corrected chi connectivity index (χ1v) is 3.98. The van der Waals surface area contributed by atoms with Gasteiger partial charge < -0.3 is 4.43 Å². The van der Waals surface area contributed by atoms with Crippen molar-refractivity contribution in [2.75, 3.05) is 5.88 Å². The summed E-state index contributed by atoms with van der Waals surface area (Å²) >= 11 is 5.58. The van der Waals surface area contributed by atoms with Crippen molar-refractivity contribution in [1.82, 2.24) is 0 Å². The monoisotopic (exact) mass is 162 g/mol. The van der Waals surface area contributed by atoms with Gasteiger partial charge in [-0.2, -0.15) is 0 Å². The Morgan fingerprint density at radius 2 is 2.00 bits per heavy atom. The van der Waals surface area contributed by atoms with Gasteiger partial charge in [0.25, 0.3) is 0 Å². The lowest BCUT2D eigenvalue weighted by Crippen LogP contribution is -2.27. The molecule has 0 heterocycles. The second kappa shape index (κ2) is 3.88. The van der Waals surface area contributed by atoms with E-state index in [-0.39, 0.29) is 0 Å². The lowest BCUT2D eigenvalue weighted by molar-refractivity contribution is 0.218. The number of alkyl halides is 1. The van der Waals surface area contributed by atoms with Crippen molar-refractivity contribution in [2.45, 2.75) is 5.60 Å². The van der Waals surface area contributed by atoms with Crippen molar-refractivity contribution in [2.24, 2.45) is 0 Å². The maximum absolute atomic E-state index is 5.58. The van der Waals surface area contributed by atoms with Crippen LogP contribution in [0.4, 0.5) is 0 Å². The minimum absolute atomic E-state index is 0.392. The molecule has 0 bridgehead atoms. The highest BCUT2D eigenvalue weighted by Gasteiger charge is 2.18. The van der Waals surface area contributed by atoms with E-state index in [4.69, 9.17) is 16.0 Å². The van der Waals surface area contributed by atoms with Gasteiger partial charge in [0.2, 0.25) is 0 Å². The Morgan fingerprint density at radius 1 is 1.56 bits per heavy atom. The third-order valence-electron chi connectivity index (χ3n) is 1.28. The van der Waals surface area contributed by atoms with Crippen molar-refractivity contribution in [3.8, 4) is 0 Å². The average Bonchev–Trinajstić information content (AvgIpc) is 1.95. The summed E-state index contributed by atoms with van der Waals surface area (Å²) < 4.78 is 5.16. The molecule has 0 N–H and O–H groups in total. The van der Waals surface area contributed by atoms with E-state index >= 15 is 0 Å². The van der Waals surface area contributed by atoms with Gasteiger partial charge in [0.05, 0.1) is 5.88 Å². The molecular weight excluding hydrogens is 152 g/mol. The molecule has 0 spiro atoms. The molecule has 0 rings (SSSR count). The van der Waals surface area contributed by atoms with Crippen LogP contribution in [0.5, 0.6) is 0 Å². The quantitative estimate of drug-likeness (QED) is 0.335. The number of hydrogen-bond donors (Lipinski definition) is 0. The molecule has 0 aromatic carbocycles. The van der Waals surface area contributed by atoms with Gasteiger partial charge in [0.15, 0.2) is 0 Å². The molecule has 0 aromatic rings. The van der Waals surface area contributed by atoms with Crippen LogP contribution in [-0.4, -0.2) is 22.0 Å². The predicted octanol–water partition coefficient (Wildman–Crippen LogP) is 0.633. The summed E-state index contributed by atoms with van der Waals surface area (Å²) in [5.41, 5.74) is -0.478. The van der Waals surface area contributed by atoms with Crippen LogP contribution in [0, 0.1) is 0 Å².